The summed E-state index contributed by atoms with van der Waals surface area (Å²) in [7, 11) is 0. The number of carbonyl (C=O) groups is 1. The van der Waals surface area contributed by atoms with Crippen LogP contribution < -0.4 is 5.32 Å². The van der Waals surface area contributed by atoms with Gasteiger partial charge in [0.05, 0.1) is 0 Å². The highest BCUT2D eigenvalue weighted by molar-refractivity contribution is 5.91. The average Bonchev–Trinajstić information content (AvgIpc) is 2.28. The molecule has 1 aromatic rings. The Labute approximate surface area is 95.8 Å². The Balaban J connectivity index is 2.53. The van der Waals surface area contributed by atoms with Gasteiger partial charge >= 0.3 is 0 Å². The zero-order valence-corrected chi connectivity index (χ0v) is 9.60. The summed E-state index contributed by atoms with van der Waals surface area (Å²) in [6.07, 6.45) is 4.13. The Morgan fingerprint density at radius 1 is 1.44 bits per heavy atom. The van der Waals surface area contributed by atoms with Gasteiger partial charge in [-0.25, -0.2) is 0 Å². The normalized spacial score (nSPS) is 12.6. The number of hydrogen-bond donors (Lipinski definition) is 2. The van der Waals surface area contributed by atoms with Crippen molar-refractivity contribution in [2.75, 3.05) is 0 Å². The van der Waals surface area contributed by atoms with E-state index in [0.717, 1.165) is 12.0 Å². The second-order valence-corrected chi connectivity index (χ2v) is 3.74. The maximum Gasteiger partial charge on any atom is 0.244 e. The Morgan fingerprint density at radius 3 is 2.62 bits per heavy atom. The number of aromatic hydroxyl groups is 1. The number of carbonyl (C=O) groups excluding carboxylic acids is 1. The van der Waals surface area contributed by atoms with Gasteiger partial charge in [-0.2, -0.15) is 0 Å². The van der Waals surface area contributed by atoms with Gasteiger partial charge in [-0.15, -0.1) is 0 Å². The molecule has 0 aliphatic carbocycles. The van der Waals surface area contributed by atoms with E-state index in [1.807, 2.05) is 13.8 Å². The van der Waals surface area contributed by atoms with Crippen LogP contribution in [0.3, 0.4) is 0 Å². The van der Waals surface area contributed by atoms with Crippen LogP contribution in [0, 0.1) is 0 Å². The van der Waals surface area contributed by atoms with Gasteiger partial charge in [0.1, 0.15) is 5.75 Å². The molecule has 86 valence electrons. The lowest BCUT2D eigenvalue weighted by Gasteiger charge is -2.08. The van der Waals surface area contributed by atoms with E-state index >= 15 is 0 Å². The lowest BCUT2D eigenvalue weighted by Crippen LogP contribution is -2.30. The van der Waals surface area contributed by atoms with Gasteiger partial charge in [0.15, 0.2) is 0 Å². The average molecular weight is 219 g/mol. The first kappa shape index (κ1) is 12.3. The van der Waals surface area contributed by atoms with Crippen LogP contribution >= 0.6 is 0 Å². The zero-order valence-electron chi connectivity index (χ0n) is 9.60. The fourth-order valence-electron chi connectivity index (χ4n) is 1.15. The molecule has 0 radical (unpaired) electrons. The van der Waals surface area contributed by atoms with E-state index in [0.29, 0.717) is 0 Å². The standard InChI is InChI=1S/C13H17NO2/c1-3-10(2)14-13(16)9-6-11-4-7-12(15)8-5-11/h4-10,15H,3H2,1-2H3,(H,14,16)/b9-6-/t10-/m1/s1. The first-order chi connectivity index (χ1) is 7.61. The molecule has 0 aromatic heterocycles. The molecule has 0 spiro atoms. The number of phenols is 1. The minimum absolute atomic E-state index is 0.0950. The van der Waals surface area contributed by atoms with E-state index in [4.69, 9.17) is 5.11 Å². The number of hydrogen-bond acceptors (Lipinski definition) is 2. The van der Waals surface area contributed by atoms with Crippen molar-refractivity contribution in [1.82, 2.24) is 5.32 Å². The molecule has 0 saturated heterocycles. The van der Waals surface area contributed by atoms with Crippen molar-refractivity contribution in [3.8, 4) is 5.75 Å². The van der Waals surface area contributed by atoms with Gasteiger partial charge in [-0.3, -0.25) is 4.79 Å². The monoisotopic (exact) mass is 219 g/mol. The summed E-state index contributed by atoms with van der Waals surface area (Å²) in [5, 5.41) is 11.9. The predicted molar refractivity (Wildman–Crippen MR) is 65.0 cm³/mol. The Kier molecular flexibility index (Phi) is 4.58. The number of nitrogens with one attached hydrogen (secondary N) is 1. The van der Waals surface area contributed by atoms with E-state index in [1.54, 1.807) is 30.3 Å². The highest BCUT2D eigenvalue weighted by atomic mass is 16.3. The van der Waals surface area contributed by atoms with E-state index in [2.05, 4.69) is 5.32 Å². The summed E-state index contributed by atoms with van der Waals surface area (Å²) in [6, 6.07) is 6.88. The molecule has 0 unspecified atom stereocenters. The molecule has 1 amide bonds. The third kappa shape index (κ3) is 4.17. The first-order valence-electron chi connectivity index (χ1n) is 5.39. The molecule has 1 atom stereocenters. The smallest absolute Gasteiger partial charge is 0.244 e. The minimum atomic E-state index is -0.0950. The van der Waals surface area contributed by atoms with Gasteiger partial charge in [-0.1, -0.05) is 19.1 Å². The molecule has 16 heavy (non-hydrogen) atoms. The van der Waals surface area contributed by atoms with Crippen molar-refractivity contribution in [2.45, 2.75) is 26.3 Å². The summed E-state index contributed by atoms with van der Waals surface area (Å²) in [5.74, 6) is 0.128. The van der Waals surface area contributed by atoms with Crippen molar-refractivity contribution in [1.29, 1.82) is 0 Å². The molecule has 1 aromatic carbocycles. The van der Waals surface area contributed by atoms with Crippen molar-refractivity contribution < 1.29 is 9.90 Å². The van der Waals surface area contributed by atoms with E-state index < -0.39 is 0 Å². The maximum atomic E-state index is 11.4. The Hall–Kier alpha value is -1.77. The van der Waals surface area contributed by atoms with E-state index in [9.17, 15) is 4.79 Å². The molecule has 0 aliphatic heterocycles. The summed E-state index contributed by atoms with van der Waals surface area (Å²) in [5.41, 5.74) is 0.886. The SMILES string of the molecule is CC[C@@H](C)NC(=O)/C=C\c1ccc(O)cc1. The van der Waals surface area contributed by atoms with Gasteiger partial charge in [-0.05, 0) is 37.1 Å². The highest BCUT2D eigenvalue weighted by Crippen LogP contribution is 2.10. The van der Waals surface area contributed by atoms with Gasteiger partial charge in [0, 0.05) is 12.1 Å². The highest BCUT2D eigenvalue weighted by Gasteiger charge is 2.00. The van der Waals surface area contributed by atoms with Gasteiger partial charge < -0.3 is 10.4 Å². The van der Waals surface area contributed by atoms with Crippen LogP contribution in [0.2, 0.25) is 0 Å². The van der Waals surface area contributed by atoms with Crippen LogP contribution in [0.25, 0.3) is 6.08 Å². The third-order valence-electron chi connectivity index (χ3n) is 2.32. The van der Waals surface area contributed by atoms with Crippen LogP contribution in [0.5, 0.6) is 5.75 Å². The second kappa shape index (κ2) is 5.95. The van der Waals surface area contributed by atoms with E-state index in [-0.39, 0.29) is 17.7 Å². The van der Waals surface area contributed by atoms with Gasteiger partial charge in [0.25, 0.3) is 0 Å². The Bertz CT molecular complexity index is 368. The fraction of sp³-hybridized carbons (Fsp3) is 0.308. The molecule has 0 heterocycles. The lowest BCUT2D eigenvalue weighted by molar-refractivity contribution is -0.117. The van der Waals surface area contributed by atoms with Crippen LogP contribution in [-0.4, -0.2) is 17.1 Å². The molecule has 3 heteroatoms. The number of benzene rings is 1. The van der Waals surface area contributed by atoms with Crippen molar-refractivity contribution in [2.24, 2.45) is 0 Å². The van der Waals surface area contributed by atoms with Crippen LogP contribution in [0.15, 0.2) is 30.3 Å². The zero-order chi connectivity index (χ0) is 12.0. The van der Waals surface area contributed by atoms with Crippen LogP contribution in [0.4, 0.5) is 0 Å². The number of amides is 1. The number of phenolic OH excluding ortho intramolecular Hbond substituents is 1. The quantitative estimate of drug-likeness (QED) is 0.763. The summed E-state index contributed by atoms with van der Waals surface area (Å²) < 4.78 is 0. The van der Waals surface area contributed by atoms with Crippen LogP contribution in [-0.2, 0) is 4.79 Å². The molecule has 0 bridgehead atoms. The molecule has 0 aliphatic rings. The molecular weight excluding hydrogens is 202 g/mol. The first-order valence-corrected chi connectivity index (χ1v) is 5.39. The molecule has 3 nitrogen and oxygen atoms in total. The largest absolute Gasteiger partial charge is 0.508 e. The summed E-state index contributed by atoms with van der Waals surface area (Å²) in [4.78, 5) is 11.4. The lowest BCUT2D eigenvalue weighted by atomic mass is 10.2. The molecular formula is C13H17NO2. The van der Waals surface area contributed by atoms with Crippen molar-refractivity contribution >= 4 is 12.0 Å². The minimum Gasteiger partial charge on any atom is -0.508 e. The second-order valence-electron chi connectivity index (χ2n) is 3.74. The predicted octanol–water partition coefficient (Wildman–Crippen LogP) is 2.32. The van der Waals surface area contributed by atoms with Crippen molar-refractivity contribution in [3.05, 3.63) is 35.9 Å². The Morgan fingerprint density at radius 2 is 2.06 bits per heavy atom. The molecule has 1 rings (SSSR count). The summed E-state index contributed by atoms with van der Waals surface area (Å²) in [6.45, 7) is 3.99. The van der Waals surface area contributed by atoms with Crippen LogP contribution in [0.1, 0.15) is 25.8 Å². The van der Waals surface area contributed by atoms with Crippen molar-refractivity contribution in [3.63, 3.8) is 0 Å². The molecule has 0 fully saturated rings. The fourth-order valence-corrected chi connectivity index (χ4v) is 1.15. The molecule has 2 N–H and O–H groups in total. The topological polar surface area (TPSA) is 49.3 Å². The molecule has 0 saturated carbocycles. The maximum absolute atomic E-state index is 11.4. The summed E-state index contributed by atoms with van der Waals surface area (Å²) >= 11 is 0. The van der Waals surface area contributed by atoms with Gasteiger partial charge in [0.2, 0.25) is 5.91 Å². The van der Waals surface area contributed by atoms with E-state index in [1.165, 1.54) is 6.08 Å². The third-order valence-corrected chi connectivity index (χ3v) is 2.32. The number of rotatable bonds is 4.